The molecule has 302 valence electrons. The number of phenolic OH excluding ortho intramolecular Hbond substituents is 1. The minimum absolute atomic E-state index is 0.00124. The number of allylic oxidation sites excluding steroid dienone is 1. The Morgan fingerprint density at radius 3 is 2.04 bits per heavy atom. The number of carbonyl (C=O) groups excluding carboxylic acids is 5. The van der Waals surface area contributed by atoms with E-state index in [2.05, 4.69) is 26.6 Å². The molecule has 1 aliphatic rings. The van der Waals surface area contributed by atoms with Crippen LogP contribution in [0, 0.1) is 5.92 Å². The van der Waals surface area contributed by atoms with Crippen LogP contribution in [0.25, 0.3) is 0 Å². The summed E-state index contributed by atoms with van der Waals surface area (Å²) in [7, 11) is 0. The third kappa shape index (κ3) is 15.8. The van der Waals surface area contributed by atoms with Crippen LogP contribution in [0.1, 0.15) is 97.0 Å². The van der Waals surface area contributed by atoms with Gasteiger partial charge in [0, 0.05) is 6.42 Å². The molecular formula is C38H62N8O8. The maximum atomic E-state index is 14.3. The number of rotatable bonds is 17. The molecule has 16 heteroatoms. The quantitative estimate of drug-likeness (QED) is 0.0776. The molecule has 0 aliphatic carbocycles. The fourth-order valence-electron chi connectivity index (χ4n) is 6.07. The molecule has 13 N–H and O–H groups in total. The van der Waals surface area contributed by atoms with Crippen LogP contribution < -0.4 is 43.8 Å². The van der Waals surface area contributed by atoms with Gasteiger partial charge in [0.2, 0.25) is 29.5 Å². The highest BCUT2D eigenvalue weighted by molar-refractivity contribution is 5.98. The SMILES string of the molecule is CC(C)C[C@H](NC(=O)[C@H](Cc1ccc(O)cc1)NC(=O)[C@]1(C)CCC/C=C/C[C@H](N)C(=O)N[C@@H](CCCCN)C(=O)N[C@@H](CCCCN)C(=O)N1)C(=O)O. The lowest BCUT2D eigenvalue weighted by Gasteiger charge is -2.34. The van der Waals surface area contributed by atoms with Gasteiger partial charge in [-0.15, -0.1) is 0 Å². The largest absolute Gasteiger partial charge is 0.508 e. The Morgan fingerprint density at radius 2 is 1.46 bits per heavy atom. The first kappa shape index (κ1) is 45.6. The minimum Gasteiger partial charge on any atom is -0.508 e. The number of unbranched alkanes of at least 4 members (excludes halogenated alkanes) is 2. The molecule has 1 aromatic carbocycles. The van der Waals surface area contributed by atoms with Gasteiger partial charge in [-0.3, -0.25) is 24.0 Å². The Bertz CT molecular complexity index is 1420. The number of nitrogens with two attached hydrogens (primary N) is 3. The van der Waals surface area contributed by atoms with Crippen molar-refractivity contribution in [1.29, 1.82) is 0 Å². The van der Waals surface area contributed by atoms with Crippen molar-refractivity contribution in [3.05, 3.63) is 42.0 Å². The van der Waals surface area contributed by atoms with E-state index in [1.807, 2.05) is 19.9 Å². The van der Waals surface area contributed by atoms with E-state index in [-0.39, 0.29) is 50.2 Å². The second-order valence-electron chi connectivity index (χ2n) is 14.6. The van der Waals surface area contributed by atoms with Crippen LogP contribution in [0.2, 0.25) is 0 Å². The van der Waals surface area contributed by atoms with Gasteiger partial charge in [-0.25, -0.2) is 4.79 Å². The zero-order valence-electron chi connectivity index (χ0n) is 31.9. The van der Waals surface area contributed by atoms with Crippen LogP contribution in [-0.4, -0.2) is 94.6 Å². The average Bonchev–Trinajstić information content (AvgIpc) is 3.11. The van der Waals surface area contributed by atoms with Gasteiger partial charge in [0.05, 0.1) is 6.04 Å². The number of carbonyl (C=O) groups is 6. The summed E-state index contributed by atoms with van der Waals surface area (Å²) in [5, 5.41) is 33.3. The van der Waals surface area contributed by atoms with E-state index in [1.54, 1.807) is 18.2 Å². The van der Waals surface area contributed by atoms with Crippen LogP contribution >= 0.6 is 0 Å². The molecule has 0 saturated heterocycles. The lowest BCUT2D eigenvalue weighted by Crippen LogP contribution is -2.64. The van der Waals surface area contributed by atoms with E-state index in [4.69, 9.17) is 17.2 Å². The smallest absolute Gasteiger partial charge is 0.326 e. The first-order valence-electron chi connectivity index (χ1n) is 19.0. The van der Waals surface area contributed by atoms with Crippen LogP contribution in [0.4, 0.5) is 0 Å². The molecule has 0 aromatic heterocycles. The van der Waals surface area contributed by atoms with E-state index in [0.29, 0.717) is 57.2 Å². The topological polar surface area (TPSA) is 281 Å². The molecule has 1 heterocycles. The number of nitrogens with one attached hydrogen (secondary N) is 5. The number of benzene rings is 1. The highest BCUT2D eigenvalue weighted by atomic mass is 16.4. The molecule has 0 radical (unpaired) electrons. The first-order valence-corrected chi connectivity index (χ1v) is 19.0. The zero-order chi connectivity index (χ0) is 40.3. The Kier molecular flexibility index (Phi) is 19.7. The van der Waals surface area contributed by atoms with E-state index in [0.717, 1.165) is 0 Å². The lowest BCUT2D eigenvalue weighted by atomic mass is 9.91. The molecule has 0 spiro atoms. The maximum Gasteiger partial charge on any atom is 0.326 e. The molecule has 2 rings (SSSR count). The van der Waals surface area contributed by atoms with Gasteiger partial charge in [-0.05, 0) is 114 Å². The summed E-state index contributed by atoms with van der Waals surface area (Å²) in [5.74, 6) is -4.44. The predicted molar refractivity (Wildman–Crippen MR) is 205 cm³/mol. The molecule has 1 aliphatic heterocycles. The van der Waals surface area contributed by atoms with Crippen LogP contribution in [0.3, 0.4) is 0 Å². The summed E-state index contributed by atoms with van der Waals surface area (Å²) < 4.78 is 0. The average molecular weight is 759 g/mol. The predicted octanol–water partition coefficient (Wildman–Crippen LogP) is 0.595. The molecule has 0 bridgehead atoms. The van der Waals surface area contributed by atoms with Crippen LogP contribution in [0.15, 0.2) is 36.4 Å². The molecule has 5 amide bonds. The summed E-state index contributed by atoms with van der Waals surface area (Å²) in [6, 6.07) is 0.547. The summed E-state index contributed by atoms with van der Waals surface area (Å²) >= 11 is 0. The molecule has 16 nitrogen and oxygen atoms in total. The molecule has 54 heavy (non-hydrogen) atoms. The Hall–Kier alpha value is -4.54. The van der Waals surface area contributed by atoms with Crippen LogP contribution in [0.5, 0.6) is 5.75 Å². The molecule has 0 saturated carbocycles. The van der Waals surface area contributed by atoms with Crippen molar-refractivity contribution >= 4 is 35.5 Å². The van der Waals surface area contributed by atoms with Gasteiger partial charge in [0.25, 0.3) is 0 Å². The van der Waals surface area contributed by atoms with Crippen molar-refractivity contribution in [1.82, 2.24) is 26.6 Å². The standard InChI is InChI=1S/C38H62N8O8/c1-24(2)22-31(36(52)53)44-34(50)30(23-25-15-17-26(47)18-16-25)45-37(54)38(3)19-9-5-4-6-12-27(41)32(48)42-28(13-7-10-20-39)33(49)43-29(35(51)46-38)14-8-11-21-40/h4,6,15-18,24,27-31,47H,5,7-14,19-23,39-41H2,1-3H3,(H,42,48)(H,43,49)(H,44,50)(H,45,54)(H,46,51)(H,52,53)/b6-4+/t27-,28-,29-,30-,31-,38-/m0/s1. The van der Waals surface area contributed by atoms with Crippen molar-refractivity contribution in [3.63, 3.8) is 0 Å². The van der Waals surface area contributed by atoms with E-state index < -0.39 is 71.3 Å². The van der Waals surface area contributed by atoms with Gasteiger partial charge in [-0.1, -0.05) is 38.1 Å². The van der Waals surface area contributed by atoms with Gasteiger partial charge < -0.3 is 54.0 Å². The van der Waals surface area contributed by atoms with E-state index in [1.165, 1.54) is 19.1 Å². The van der Waals surface area contributed by atoms with Crippen molar-refractivity contribution in [2.75, 3.05) is 13.1 Å². The zero-order valence-corrected chi connectivity index (χ0v) is 31.9. The van der Waals surface area contributed by atoms with Crippen molar-refractivity contribution in [2.24, 2.45) is 23.1 Å². The number of phenols is 1. The van der Waals surface area contributed by atoms with Crippen molar-refractivity contribution in [2.45, 2.75) is 134 Å². The second kappa shape index (κ2) is 23.3. The van der Waals surface area contributed by atoms with Gasteiger partial charge in [0.15, 0.2) is 0 Å². The first-order chi connectivity index (χ1) is 25.6. The molecule has 0 unspecified atom stereocenters. The monoisotopic (exact) mass is 758 g/mol. The fraction of sp³-hybridized carbons (Fsp3) is 0.632. The number of hydrogen-bond donors (Lipinski definition) is 10. The molecule has 6 atom stereocenters. The summed E-state index contributed by atoms with van der Waals surface area (Å²) in [4.78, 5) is 80.7. The number of aromatic hydroxyl groups is 1. The molecular weight excluding hydrogens is 696 g/mol. The summed E-state index contributed by atoms with van der Waals surface area (Å²) in [5.41, 5.74) is 16.5. The summed E-state index contributed by atoms with van der Waals surface area (Å²) in [6.07, 6.45) is 7.53. The maximum absolute atomic E-state index is 14.3. The van der Waals surface area contributed by atoms with Gasteiger partial charge >= 0.3 is 5.97 Å². The molecule has 1 aromatic rings. The van der Waals surface area contributed by atoms with Gasteiger partial charge in [0.1, 0.15) is 35.5 Å². The van der Waals surface area contributed by atoms with Gasteiger partial charge in [-0.2, -0.15) is 0 Å². The fourth-order valence-corrected chi connectivity index (χ4v) is 6.07. The van der Waals surface area contributed by atoms with Crippen LogP contribution in [-0.2, 0) is 35.2 Å². The highest BCUT2D eigenvalue weighted by Gasteiger charge is 2.39. The lowest BCUT2D eigenvalue weighted by molar-refractivity contribution is -0.143. The van der Waals surface area contributed by atoms with E-state index >= 15 is 0 Å². The Labute approximate surface area is 318 Å². The second-order valence-corrected chi connectivity index (χ2v) is 14.6. The number of carboxylic acid groups (broad SMARTS) is 1. The number of hydrogen-bond acceptors (Lipinski definition) is 10. The normalized spacial score (nSPS) is 23.3. The highest BCUT2D eigenvalue weighted by Crippen LogP contribution is 2.19. The Morgan fingerprint density at radius 1 is 0.870 bits per heavy atom. The number of carboxylic acids is 1. The number of aliphatic carboxylic acids is 1. The summed E-state index contributed by atoms with van der Waals surface area (Å²) in [6.45, 7) is 5.94. The Balaban J connectivity index is 2.51. The van der Waals surface area contributed by atoms with Crippen molar-refractivity contribution < 1.29 is 39.0 Å². The van der Waals surface area contributed by atoms with Crippen molar-refractivity contribution in [3.8, 4) is 5.75 Å². The molecule has 0 fully saturated rings. The number of amides is 5. The third-order valence-corrected chi connectivity index (χ3v) is 9.32. The van der Waals surface area contributed by atoms with E-state index in [9.17, 15) is 39.0 Å². The minimum atomic E-state index is -1.60. The third-order valence-electron chi connectivity index (χ3n) is 9.32.